The summed E-state index contributed by atoms with van der Waals surface area (Å²) in [6, 6.07) is 2.63. The van der Waals surface area contributed by atoms with E-state index in [9.17, 15) is 29.8 Å². The Hall–Kier alpha value is -3.34. The Bertz CT molecular complexity index is 919. The third-order valence-electron chi connectivity index (χ3n) is 3.77. The minimum atomic E-state index is -0.825. The Balaban J connectivity index is 2.48. The monoisotopic (exact) mass is 393 g/mol. The Labute approximate surface area is 157 Å². The SMILES string of the molecule is CCc1c(C)sc(NC(=O)c2cc([N+](=O)[O-])cc([N+](=O)[O-])c2)c1C(=O)OC. The number of carbonyl (C=O) groups is 2. The van der Waals surface area contributed by atoms with Crippen molar-refractivity contribution in [2.24, 2.45) is 0 Å². The predicted molar refractivity (Wildman–Crippen MR) is 97.5 cm³/mol. The van der Waals surface area contributed by atoms with Gasteiger partial charge in [0.25, 0.3) is 17.3 Å². The molecule has 2 rings (SSSR count). The van der Waals surface area contributed by atoms with Gasteiger partial charge in [-0.3, -0.25) is 25.0 Å². The van der Waals surface area contributed by atoms with E-state index in [0.717, 1.165) is 34.4 Å². The average molecular weight is 393 g/mol. The molecular formula is C16H15N3O7S. The summed E-state index contributed by atoms with van der Waals surface area (Å²) >= 11 is 1.15. The van der Waals surface area contributed by atoms with Gasteiger partial charge in [0.2, 0.25) is 0 Å². The van der Waals surface area contributed by atoms with Gasteiger partial charge in [0.05, 0.1) is 34.1 Å². The first-order valence-corrected chi connectivity index (χ1v) is 8.47. The highest BCUT2D eigenvalue weighted by Gasteiger charge is 2.25. The number of anilines is 1. The predicted octanol–water partition coefficient (Wildman–Crippen LogP) is 3.47. The van der Waals surface area contributed by atoms with Crippen LogP contribution in [0.2, 0.25) is 0 Å². The lowest BCUT2D eigenvalue weighted by Gasteiger charge is -2.07. The number of non-ortho nitro benzene ring substituents is 2. The van der Waals surface area contributed by atoms with E-state index in [4.69, 9.17) is 4.74 Å². The lowest BCUT2D eigenvalue weighted by molar-refractivity contribution is -0.394. The van der Waals surface area contributed by atoms with Crippen molar-refractivity contribution in [1.29, 1.82) is 0 Å². The summed E-state index contributed by atoms with van der Waals surface area (Å²) in [5.74, 6) is -1.44. The van der Waals surface area contributed by atoms with Crippen molar-refractivity contribution in [2.45, 2.75) is 20.3 Å². The summed E-state index contributed by atoms with van der Waals surface area (Å²) in [6.45, 7) is 3.63. The first-order valence-electron chi connectivity index (χ1n) is 7.65. The number of aryl methyl sites for hydroxylation is 1. The zero-order valence-electron chi connectivity index (χ0n) is 14.6. The van der Waals surface area contributed by atoms with Crippen molar-refractivity contribution in [3.63, 3.8) is 0 Å². The molecule has 27 heavy (non-hydrogen) atoms. The smallest absolute Gasteiger partial charge is 0.341 e. The molecule has 0 aliphatic rings. The maximum Gasteiger partial charge on any atom is 0.341 e. The van der Waals surface area contributed by atoms with E-state index < -0.39 is 33.1 Å². The molecule has 1 aromatic carbocycles. The van der Waals surface area contributed by atoms with Crippen LogP contribution in [0.15, 0.2) is 18.2 Å². The summed E-state index contributed by atoms with van der Waals surface area (Å²) in [6.07, 6.45) is 0.533. The van der Waals surface area contributed by atoms with Gasteiger partial charge in [0.1, 0.15) is 5.00 Å². The molecule has 0 unspecified atom stereocenters. The third kappa shape index (κ3) is 4.08. The number of hydrogen-bond acceptors (Lipinski definition) is 8. The van der Waals surface area contributed by atoms with E-state index in [-0.39, 0.29) is 16.1 Å². The van der Waals surface area contributed by atoms with Gasteiger partial charge in [-0.25, -0.2) is 4.79 Å². The zero-order chi connectivity index (χ0) is 20.3. The number of carbonyl (C=O) groups excluding carboxylic acids is 2. The molecule has 1 N–H and O–H groups in total. The first kappa shape index (κ1) is 20.0. The number of ether oxygens (including phenoxy) is 1. The van der Waals surface area contributed by atoms with Crippen LogP contribution in [0.25, 0.3) is 0 Å². The number of rotatable bonds is 6. The van der Waals surface area contributed by atoms with E-state index in [2.05, 4.69) is 5.32 Å². The molecule has 0 atom stereocenters. The number of hydrogen-bond donors (Lipinski definition) is 1. The Kier molecular flexibility index (Phi) is 5.85. The van der Waals surface area contributed by atoms with Gasteiger partial charge in [-0.1, -0.05) is 6.92 Å². The fourth-order valence-corrected chi connectivity index (χ4v) is 3.65. The molecule has 1 heterocycles. The largest absolute Gasteiger partial charge is 0.465 e. The van der Waals surface area contributed by atoms with Crippen LogP contribution < -0.4 is 5.32 Å². The van der Waals surface area contributed by atoms with E-state index in [1.54, 1.807) is 6.92 Å². The number of nitrogens with one attached hydrogen (secondary N) is 1. The summed E-state index contributed by atoms with van der Waals surface area (Å²) in [5, 5.41) is 24.7. The minimum absolute atomic E-state index is 0.204. The summed E-state index contributed by atoms with van der Waals surface area (Å²) in [4.78, 5) is 45.7. The minimum Gasteiger partial charge on any atom is -0.465 e. The Morgan fingerprint density at radius 3 is 2.15 bits per heavy atom. The summed E-state index contributed by atoms with van der Waals surface area (Å²) in [5.41, 5.74) is -0.517. The fourth-order valence-electron chi connectivity index (χ4n) is 2.52. The average Bonchev–Trinajstić information content (AvgIpc) is 2.95. The van der Waals surface area contributed by atoms with Crippen molar-refractivity contribution in [1.82, 2.24) is 0 Å². The summed E-state index contributed by atoms with van der Waals surface area (Å²) in [7, 11) is 1.21. The lowest BCUT2D eigenvalue weighted by atomic mass is 10.1. The van der Waals surface area contributed by atoms with Crippen molar-refractivity contribution >= 4 is 39.6 Å². The lowest BCUT2D eigenvalue weighted by Crippen LogP contribution is -2.15. The van der Waals surface area contributed by atoms with Gasteiger partial charge in [0, 0.05) is 17.0 Å². The second kappa shape index (κ2) is 7.91. The van der Waals surface area contributed by atoms with Crippen LogP contribution in [-0.2, 0) is 11.2 Å². The standard InChI is InChI=1S/C16H15N3O7S/c1-4-12-8(2)27-15(13(12)16(21)26-3)17-14(20)9-5-10(18(22)23)7-11(6-9)19(24)25/h5-7H,4H2,1-3H3,(H,17,20). The molecule has 0 spiro atoms. The second-order valence-electron chi connectivity index (χ2n) is 5.39. The van der Waals surface area contributed by atoms with Crippen molar-refractivity contribution < 1.29 is 24.2 Å². The van der Waals surface area contributed by atoms with Crippen molar-refractivity contribution in [2.75, 3.05) is 12.4 Å². The number of methoxy groups -OCH3 is 1. The van der Waals surface area contributed by atoms with Crippen LogP contribution in [0.1, 0.15) is 38.1 Å². The summed E-state index contributed by atoms with van der Waals surface area (Å²) < 4.78 is 4.76. The van der Waals surface area contributed by atoms with Crippen LogP contribution in [0.4, 0.5) is 16.4 Å². The highest BCUT2D eigenvalue weighted by atomic mass is 32.1. The molecule has 0 bridgehead atoms. The number of nitrogens with zero attached hydrogens (tertiary/aromatic N) is 2. The molecule has 0 saturated carbocycles. The quantitative estimate of drug-likeness (QED) is 0.450. The molecule has 0 saturated heterocycles. The van der Waals surface area contributed by atoms with Gasteiger partial charge in [0.15, 0.2) is 0 Å². The van der Waals surface area contributed by atoms with Crippen LogP contribution in [0, 0.1) is 27.2 Å². The van der Waals surface area contributed by atoms with Gasteiger partial charge >= 0.3 is 5.97 Å². The number of nitro benzene ring substituents is 2. The molecule has 1 aromatic heterocycles. The van der Waals surface area contributed by atoms with Crippen LogP contribution in [0.5, 0.6) is 0 Å². The number of thiophene rings is 1. The van der Waals surface area contributed by atoms with E-state index in [1.807, 2.05) is 6.92 Å². The number of esters is 1. The van der Waals surface area contributed by atoms with Gasteiger partial charge in [-0.05, 0) is 18.9 Å². The van der Waals surface area contributed by atoms with E-state index in [0.29, 0.717) is 12.0 Å². The maximum absolute atomic E-state index is 12.5. The van der Waals surface area contributed by atoms with Gasteiger partial charge in [-0.15, -0.1) is 11.3 Å². The van der Waals surface area contributed by atoms with Crippen molar-refractivity contribution in [3.05, 3.63) is 60.0 Å². The van der Waals surface area contributed by atoms with Crippen molar-refractivity contribution in [3.8, 4) is 0 Å². The normalized spacial score (nSPS) is 10.3. The van der Waals surface area contributed by atoms with E-state index in [1.165, 1.54) is 7.11 Å². The number of nitro groups is 2. The highest BCUT2D eigenvalue weighted by molar-refractivity contribution is 7.16. The molecule has 0 aliphatic heterocycles. The molecule has 142 valence electrons. The molecule has 0 fully saturated rings. The Morgan fingerprint density at radius 2 is 1.70 bits per heavy atom. The van der Waals surface area contributed by atoms with E-state index >= 15 is 0 Å². The van der Waals surface area contributed by atoms with Gasteiger partial charge in [-0.2, -0.15) is 0 Å². The van der Waals surface area contributed by atoms with Gasteiger partial charge < -0.3 is 10.1 Å². The fraction of sp³-hybridized carbons (Fsp3) is 0.250. The first-order chi connectivity index (χ1) is 12.7. The van der Waals surface area contributed by atoms with Crippen LogP contribution in [0.3, 0.4) is 0 Å². The number of benzene rings is 1. The molecule has 11 heteroatoms. The highest BCUT2D eigenvalue weighted by Crippen LogP contribution is 2.34. The molecule has 10 nitrogen and oxygen atoms in total. The maximum atomic E-state index is 12.5. The Morgan fingerprint density at radius 1 is 1.15 bits per heavy atom. The topological polar surface area (TPSA) is 142 Å². The third-order valence-corrected chi connectivity index (χ3v) is 4.83. The van der Waals surface area contributed by atoms with Crippen LogP contribution >= 0.6 is 11.3 Å². The molecule has 0 aliphatic carbocycles. The molecule has 2 aromatic rings. The number of amides is 1. The van der Waals surface area contributed by atoms with Crippen LogP contribution in [-0.4, -0.2) is 28.8 Å². The molecular weight excluding hydrogens is 378 g/mol. The second-order valence-corrected chi connectivity index (χ2v) is 6.62. The molecule has 0 radical (unpaired) electrons. The zero-order valence-corrected chi connectivity index (χ0v) is 15.4. The molecule has 1 amide bonds.